The molecule has 0 radical (unpaired) electrons. The van der Waals surface area contributed by atoms with Gasteiger partial charge in [-0.15, -0.1) is 0 Å². The molecular formula is C14H21N3O. The van der Waals surface area contributed by atoms with Gasteiger partial charge in [0.1, 0.15) is 0 Å². The number of likely N-dealkylation sites (N-methyl/N-ethyl adjacent to an activating group) is 1. The van der Waals surface area contributed by atoms with Crippen molar-refractivity contribution < 1.29 is 4.79 Å². The van der Waals surface area contributed by atoms with Gasteiger partial charge in [-0.05, 0) is 43.0 Å². The Balaban J connectivity index is 1.96. The molecule has 0 bridgehead atoms. The smallest absolute Gasteiger partial charge is 0.236 e. The van der Waals surface area contributed by atoms with Gasteiger partial charge in [-0.25, -0.2) is 0 Å². The zero-order chi connectivity index (χ0) is 13.1. The van der Waals surface area contributed by atoms with E-state index in [4.69, 9.17) is 5.73 Å². The van der Waals surface area contributed by atoms with Gasteiger partial charge in [0.15, 0.2) is 0 Å². The highest BCUT2D eigenvalue weighted by Crippen LogP contribution is 2.32. The van der Waals surface area contributed by atoms with E-state index in [1.807, 2.05) is 26.1 Å². The number of amides is 1. The minimum absolute atomic E-state index is 0.140. The summed E-state index contributed by atoms with van der Waals surface area (Å²) < 4.78 is 0. The molecule has 1 amide bonds. The number of rotatable bonds is 4. The number of benzene rings is 1. The van der Waals surface area contributed by atoms with E-state index < -0.39 is 0 Å². The highest BCUT2D eigenvalue weighted by atomic mass is 16.2. The number of aryl methyl sites for hydroxylation is 1. The second-order valence-electron chi connectivity index (χ2n) is 4.84. The van der Waals surface area contributed by atoms with Crippen molar-refractivity contribution in [1.82, 2.24) is 10.2 Å². The van der Waals surface area contributed by atoms with Crippen LogP contribution in [0.3, 0.4) is 0 Å². The summed E-state index contributed by atoms with van der Waals surface area (Å²) in [6, 6.07) is 6.33. The van der Waals surface area contributed by atoms with Crippen LogP contribution in [0.2, 0.25) is 0 Å². The van der Waals surface area contributed by atoms with Crippen LogP contribution in [0.15, 0.2) is 18.2 Å². The number of carbonyl (C=O) groups excluding carboxylic acids is 1. The predicted octanol–water partition coefficient (Wildman–Crippen LogP) is 1.32. The van der Waals surface area contributed by atoms with Crippen molar-refractivity contribution in [1.29, 1.82) is 0 Å². The molecule has 0 heterocycles. The van der Waals surface area contributed by atoms with Gasteiger partial charge in [0.05, 0.1) is 6.54 Å². The lowest BCUT2D eigenvalue weighted by atomic mass is 10.1. The molecule has 0 spiro atoms. The van der Waals surface area contributed by atoms with Gasteiger partial charge >= 0.3 is 0 Å². The molecule has 98 valence electrons. The molecule has 1 aliphatic carbocycles. The third kappa shape index (κ3) is 2.64. The largest absolute Gasteiger partial charge is 0.399 e. The van der Waals surface area contributed by atoms with Gasteiger partial charge in [-0.3, -0.25) is 4.79 Å². The molecule has 0 aromatic heterocycles. The van der Waals surface area contributed by atoms with Crippen LogP contribution in [-0.4, -0.2) is 30.9 Å². The Kier molecular flexibility index (Phi) is 3.87. The zero-order valence-corrected chi connectivity index (χ0v) is 11.1. The molecule has 4 nitrogen and oxygen atoms in total. The lowest BCUT2D eigenvalue weighted by Gasteiger charge is -2.18. The van der Waals surface area contributed by atoms with Gasteiger partial charge in [0, 0.05) is 25.3 Å². The van der Waals surface area contributed by atoms with Crippen LogP contribution in [0.5, 0.6) is 0 Å². The Bertz CT molecular complexity index is 445. The highest BCUT2D eigenvalue weighted by molar-refractivity contribution is 5.78. The molecule has 1 atom stereocenters. The molecule has 0 aliphatic heterocycles. The Morgan fingerprint density at radius 1 is 1.56 bits per heavy atom. The van der Waals surface area contributed by atoms with Crippen molar-refractivity contribution >= 4 is 11.6 Å². The summed E-state index contributed by atoms with van der Waals surface area (Å²) >= 11 is 0. The van der Waals surface area contributed by atoms with Crippen LogP contribution < -0.4 is 11.1 Å². The first-order valence-electron chi connectivity index (χ1n) is 6.47. The lowest BCUT2D eigenvalue weighted by Crippen LogP contribution is -2.36. The summed E-state index contributed by atoms with van der Waals surface area (Å²) in [5.41, 5.74) is 9.19. The summed E-state index contributed by atoms with van der Waals surface area (Å²) in [7, 11) is 1.83. The topological polar surface area (TPSA) is 58.4 Å². The highest BCUT2D eigenvalue weighted by Gasteiger charge is 2.22. The van der Waals surface area contributed by atoms with Crippen LogP contribution >= 0.6 is 0 Å². The summed E-state index contributed by atoms with van der Waals surface area (Å²) in [4.78, 5) is 13.5. The molecule has 3 N–H and O–H groups in total. The normalized spacial score (nSPS) is 17.6. The Morgan fingerprint density at radius 3 is 3.06 bits per heavy atom. The number of nitrogen functional groups attached to an aromatic ring is 1. The number of carbonyl (C=O) groups is 1. The maximum Gasteiger partial charge on any atom is 0.236 e. The average Bonchev–Trinajstić information content (AvgIpc) is 2.77. The first kappa shape index (κ1) is 12.9. The first-order chi connectivity index (χ1) is 8.61. The van der Waals surface area contributed by atoms with E-state index in [0.29, 0.717) is 6.54 Å². The van der Waals surface area contributed by atoms with Crippen molar-refractivity contribution in [2.75, 3.05) is 25.9 Å². The fourth-order valence-corrected chi connectivity index (χ4v) is 2.37. The molecule has 2 rings (SSSR count). The number of nitrogens with one attached hydrogen (secondary N) is 1. The molecule has 1 unspecified atom stereocenters. The number of nitrogens with two attached hydrogens (primary N) is 1. The van der Waals surface area contributed by atoms with E-state index in [9.17, 15) is 4.79 Å². The molecule has 0 fully saturated rings. The molecule has 0 saturated carbocycles. The van der Waals surface area contributed by atoms with Crippen LogP contribution in [0.4, 0.5) is 5.69 Å². The fraction of sp³-hybridized carbons (Fsp3) is 0.500. The van der Waals surface area contributed by atoms with Gasteiger partial charge in [-0.1, -0.05) is 6.07 Å². The number of nitrogens with zero attached hydrogens (tertiary/aromatic N) is 1. The van der Waals surface area contributed by atoms with Crippen LogP contribution in [0.25, 0.3) is 0 Å². The van der Waals surface area contributed by atoms with Crippen LogP contribution in [0.1, 0.15) is 30.5 Å². The Morgan fingerprint density at radius 2 is 2.33 bits per heavy atom. The third-order valence-electron chi connectivity index (χ3n) is 3.64. The van der Waals surface area contributed by atoms with Gasteiger partial charge in [-0.2, -0.15) is 0 Å². The van der Waals surface area contributed by atoms with Crippen molar-refractivity contribution in [3.05, 3.63) is 29.3 Å². The van der Waals surface area contributed by atoms with Crippen LogP contribution in [0, 0.1) is 0 Å². The second kappa shape index (κ2) is 5.40. The Hall–Kier alpha value is -1.55. The van der Waals surface area contributed by atoms with Crippen molar-refractivity contribution in [2.24, 2.45) is 0 Å². The van der Waals surface area contributed by atoms with E-state index in [1.54, 1.807) is 4.90 Å². The minimum Gasteiger partial charge on any atom is -0.399 e. The minimum atomic E-state index is 0.140. The second-order valence-corrected chi connectivity index (χ2v) is 4.84. The summed E-state index contributed by atoms with van der Waals surface area (Å²) in [5.74, 6) is 0.140. The maximum atomic E-state index is 11.7. The average molecular weight is 247 g/mol. The Labute approximate surface area is 108 Å². The number of anilines is 1. The van der Waals surface area contributed by atoms with Crippen LogP contribution in [-0.2, 0) is 11.2 Å². The molecule has 1 aromatic carbocycles. The van der Waals surface area contributed by atoms with E-state index in [-0.39, 0.29) is 11.9 Å². The predicted molar refractivity (Wildman–Crippen MR) is 73.2 cm³/mol. The molecule has 4 heteroatoms. The van der Waals surface area contributed by atoms with E-state index in [0.717, 1.165) is 25.1 Å². The number of hydrogen-bond donors (Lipinski definition) is 2. The van der Waals surface area contributed by atoms with E-state index in [2.05, 4.69) is 11.4 Å². The third-order valence-corrected chi connectivity index (χ3v) is 3.64. The van der Waals surface area contributed by atoms with E-state index >= 15 is 0 Å². The molecule has 0 saturated heterocycles. The number of hydrogen-bond acceptors (Lipinski definition) is 3. The molecule has 1 aliphatic rings. The molecular weight excluding hydrogens is 226 g/mol. The van der Waals surface area contributed by atoms with Gasteiger partial charge < -0.3 is 16.0 Å². The van der Waals surface area contributed by atoms with Gasteiger partial charge in [0.25, 0.3) is 0 Å². The maximum absolute atomic E-state index is 11.7. The van der Waals surface area contributed by atoms with E-state index in [1.165, 1.54) is 11.1 Å². The number of fused-ring (bicyclic) bond motifs is 1. The van der Waals surface area contributed by atoms with Crippen molar-refractivity contribution in [3.63, 3.8) is 0 Å². The molecule has 1 aromatic rings. The summed E-state index contributed by atoms with van der Waals surface area (Å²) in [6.07, 6.45) is 2.08. The van der Waals surface area contributed by atoms with Gasteiger partial charge in [0.2, 0.25) is 5.91 Å². The quantitative estimate of drug-likeness (QED) is 0.789. The van der Waals surface area contributed by atoms with Crippen molar-refractivity contribution in [3.8, 4) is 0 Å². The van der Waals surface area contributed by atoms with Crippen molar-refractivity contribution in [2.45, 2.75) is 25.8 Å². The first-order valence-corrected chi connectivity index (χ1v) is 6.47. The zero-order valence-electron chi connectivity index (χ0n) is 11.1. The molecule has 18 heavy (non-hydrogen) atoms. The summed E-state index contributed by atoms with van der Waals surface area (Å²) in [6.45, 7) is 3.13. The summed E-state index contributed by atoms with van der Waals surface area (Å²) in [5, 5.41) is 3.34. The SMILES string of the molecule is CCN(C)C(=O)CNC1CCc2cc(N)ccc21. The fourth-order valence-electron chi connectivity index (χ4n) is 2.37. The standard InChI is InChI=1S/C14H21N3O/c1-3-17(2)14(18)9-16-13-7-4-10-8-11(15)5-6-12(10)13/h5-6,8,13,16H,3-4,7,9,15H2,1-2H3. The monoisotopic (exact) mass is 247 g/mol. The lowest BCUT2D eigenvalue weighted by molar-refractivity contribution is -0.128.